The second-order valence-electron chi connectivity index (χ2n) is 8.89. The van der Waals surface area contributed by atoms with Gasteiger partial charge in [0.25, 0.3) is 0 Å². The van der Waals surface area contributed by atoms with Crippen LogP contribution in [-0.4, -0.2) is 47.3 Å². The van der Waals surface area contributed by atoms with Crippen LogP contribution in [0.2, 0.25) is 5.02 Å². The number of nitrogens with one attached hydrogen (secondary N) is 1. The molecule has 1 saturated heterocycles. The van der Waals surface area contributed by atoms with E-state index in [9.17, 15) is 9.59 Å². The topological polar surface area (TPSA) is 76.4 Å². The van der Waals surface area contributed by atoms with Crippen molar-refractivity contribution in [3.8, 4) is 6.07 Å². The van der Waals surface area contributed by atoms with Gasteiger partial charge in [-0.2, -0.15) is 5.26 Å². The SMILES string of the molecule is Cc1c(CN2CCN(C(=O)C3CCCC3)C(C)C2)cc(Cl)cc1NC(=O)CCCC#N. The summed E-state index contributed by atoms with van der Waals surface area (Å²) in [7, 11) is 0. The molecule has 1 unspecified atom stereocenters. The number of halogens is 1. The van der Waals surface area contributed by atoms with Gasteiger partial charge in [-0.1, -0.05) is 24.4 Å². The van der Waals surface area contributed by atoms with E-state index in [0.717, 1.165) is 55.8 Å². The number of nitrogens with zero attached hydrogens (tertiary/aromatic N) is 3. The summed E-state index contributed by atoms with van der Waals surface area (Å²) in [5.74, 6) is 0.465. The second-order valence-corrected chi connectivity index (χ2v) is 9.33. The molecule has 0 radical (unpaired) electrons. The van der Waals surface area contributed by atoms with Crippen molar-refractivity contribution < 1.29 is 9.59 Å². The molecule has 1 N–H and O–H groups in total. The minimum atomic E-state index is -0.0979. The van der Waals surface area contributed by atoms with Crippen LogP contribution in [0.5, 0.6) is 0 Å². The molecule has 1 aliphatic heterocycles. The van der Waals surface area contributed by atoms with E-state index in [1.54, 1.807) is 6.07 Å². The number of benzene rings is 1. The summed E-state index contributed by atoms with van der Waals surface area (Å²) < 4.78 is 0. The standard InChI is InChI=1S/C24H33ClN4O2/c1-17-15-28(11-12-29(17)24(31)19-7-3-4-8-19)16-20-13-21(25)14-22(18(20)2)27-23(30)9-5-6-10-26/h13-14,17,19H,3-9,11-12,15-16H2,1-2H3,(H,27,30). The molecule has 6 nitrogen and oxygen atoms in total. The molecule has 0 bridgehead atoms. The highest BCUT2D eigenvalue weighted by atomic mass is 35.5. The van der Waals surface area contributed by atoms with Crippen LogP contribution in [0.25, 0.3) is 0 Å². The highest BCUT2D eigenvalue weighted by Crippen LogP contribution is 2.29. The van der Waals surface area contributed by atoms with E-state index in [-0.39, 0.29) is 17.9 Å². The average molecular weight is 445 g/mol. The van der Waals surface area contributed by atoms with Gasteiger partial charge in [0.05, 0.1) is 6.07 Å². The summed E-state index contributed by atoms with van der Waals surface area (Å²) in [6.45, 7) is 7.31. The van der Waals surface area contributed by atoms with Crippen LogP contribution in [0.1, 0.15) is 63.0 Å². The first kappa shape index (κ1) is 23.6. The average Bonchev–Trinajstić information content (AvgIpc) is 3.26. The van der Waals surface area contributed by atoms with E-state index in [2.05, 4.69) is 28.1 Å². The smallest absolute Gasteiger partial charge is 0.226 e. The lowest BCUT2D eigenvalue weighted by Crippen LogP contribution is -2.54. The van der Waals surface area contributed by atoms with E-state index in [1.165, 1.54) is 12.8 Å². The van der Waals surface area contributed by atoms with Crippen molar-refractivity contribution in [1.29, 1.82) is 5.26 Å². The first-order chi connectivity index (χ1) is 14.9. The van der Waals surface area contributed by atoms with E-state index in [4.69, 9.17) is 16.9 Å². The molecule has 2 aliphatic rings. The molecule has 2 fully saturated rings. The van der Waals surface area contributed by atoms with E-state index >= 15 is 0 Å². The van der Waals surface area contributed by atoms with Gasteiger partial charge in [-0.15, -0.1) is 0 Å². The fraction of sp³-hybridized carbons (Fsp3) is 0.625. The molecule has 2 amide bonds. The Labute approximate surface area is 190 Å². The lowest BCUT2D eigenvalue weighted by atomic mass is 10.0. The lowest BCUT2D eigenvalue weighted by Gasteiger charge is -2.41. The van der Waals surface area contributed by atoms with E-state index in [0.29, 0.717) is 30.2 Å². The maximum absolute atomic E-state index is 12.8. The third kappa shape index (κ3) is 6.21. The molecule has 1 aromatic rings. The third-order valence-corrected chi connectivity index (χ3v) is 6.76. The summed E-state index contributed by atoms with van der Waals surface area (Å²) in [5, 5.41) is 12.2. The van der Waals surface area contributed by atoms with Crippen molar-refractivity contribution in [3.63, 3.8) is 0 Å². The Morgan fingerprint density at radius 1 is 1.26 bits per heavy atom. The van der Waals surface area contributed by atoms with Gasteiger partial charge in [-0.3, -0.25) is 14.5 Å². The van der Waals surface area contributed by atoms with Gasteiger partial charge >= 0.3 is 0 Å². The van der Waals surface area contributed by atoms with Crippen molar-refractivity contribution >= 4 is 29.1 Å². The fourth-order valence-corrected chi connectivity index (χ4v) is 4.96. The summed E-state index contributed by atoms with van der Waals surface area (Å²) in [6.07, 6.45) is 5.68. The molecule has 1 atom stereocenters. The van der Waals surface area contributed by atoms with Gasteiger partial charge in [-0.25, -0.2) is 0 Å². The molecule has 7 heteroatoms. The molecule has 1 aliphatic carbocycles. The monoisotopic (exact) mass is 444 g/mol. The number of hydrogen-bond acceptors (Lipinski definition) is 4. The molecule has 1 heterocycles. The zero-order valence-electron chi connectivity index (χ0n) is 18.6. The Bertz CT molecular complexity index is 845. The van der Waals surface area contributed by atoms with Gasteiger partial charge in [0.2, 0.25) is 11.8 Å². The van der Waals surface area contributed by atoms with Crippen LogP contribution < -0.4 is 5.32 Å². The van der Waals surface area contributed by atoms with Crippen LogP contribution in [0.15, 0.2) is 12.1 Å². The largest absolute Gasteiger partial charge is 0.337 e. The number of unbranched alkanes of at least 4 members (excludes halogenated alkanes) is 1. The second kappa shape index (κ2) is 11.0. The summed E-state index contributed by atoms with van der Waals surface area (Å²) in [4.78, 5) is 29.5. The number of hydrogen-bond donors (Lipinski definition) is 1. The normalized spacial score (nSPS) is 19.9. The molecule has 0 spiro atoms. The van der Waals surface area contributed by atoms with Crippen molar-refractivity contribution in [3.05, 3.63) is 28.3 Å². The summed E-state index contributed by atoms with van der Waals surface area (Å²) in [6, 6.07) is 6.00. The van der Waals surface area contributed by atoms with Crippen molar-refractivity contribution in [2.24, 2.45) is 5.92 Å². The van der Waals surface area contributed by atoms with E-state index < -0.39 is 0 Å². The zero-order chi connectivity index (χ0) is 22.4. The highest BCUT2D eigenvalue weighted by molar-refractivity contribution is 6.31. The van der Waals surface area contributed by atoms with Gasteiger partial charge in [0.15, 0.2) is 0 Å². The van der Waals surface area contributed by atoms with Gasteiger partial charge in [-0.05, 0) is 56.4 Å². The Morgan fingerprint density at radius 2 is 2.00 bits per heavy atom. The Hall–Kier alpha value is -2.10. The molecule has 1 saturated carbocycles. The first-order valence-electron chi connectivity index (χ1n) is 11.4. The number of anilines is 1. The molecular formula is C24H33ClN4O2. The first-order valence-corrected chi connectivity index (χ1v) is 11.8. The Balaban J connectivity index is 1.61. The maximum atomic E-state index is 12.8. The van der Waals surface area contributed by atoms with Gasteiger partial charge in [0.1, 0.15) is 0 Å². The summed E-state index contributed by atoms with van der Waals surface area (Å²) in [5.41, 5.74) is 2.82. The van der Waals surface area contributed by atoms with Gasteiger partial charge in [0, 0.05) is 61.7 Å². The van der Waals surface area contributed by atoms with Gasteiger partial charge < -0.3 is 10.2 Å². The molecule has 0 aromatic heterocycles. The van der Waals surface area contributed by atoms with Crippen molar-refractivity contribution in [2.45, 2.75) is 71.4 Å². The number of rotatable bonds is 7. The maximum Gasteiger partial charge on any atom is 0.226 e. The number of nitriles is 1. The third-order valence-electron chi connectivity index (χ3n) is 6.54. The number of carbonyl (C=O) groups excluding carboxylic acids is 2. The molecule has 168 valence electrons. The lowest BCUT2D eigenvalue weighted by molar-refractivity contribution is -0.140. The fourth-order valence-electron chi connectivity index (χ4n) is 4.72. The molecular weight excluding hydrogens is 412 g/mol. The number of carbonyl (C=O) groups is 2. The van der Waals surface area contributed by atoms with Crippen LogP contribution in [-0.2, 0) is 16.1 Å². The quantitative estimate of drug-likeness (QED) is 0.628. The zero-order valence-corrected chi connectivity index (χ0v) is 19.4. The minimum absolute atomic E-state index is 0.0979. The molecule has 3 rings (SSSR count). The predicted molar refractivity (Wildman–Crippen MR) is 123 cm³/mol. The molecule has 31 heavy (non-hydrogen) atoms. The van der Waals surface area contributed by atoms with Crippen LogP contribution in [0, 0.1) is 24.2 Å². The number of amides is 2. The Morgan fingerprint density at radius 3 is 2.68 bits per heavy atom. The molecule has 1 aromatic carbocycles. The predicted octanol–water partition coefficient (Wildman–Crippen LogP) is 4.50. The van der Waals surface area contributed by atoms with Crippen molar-refractivity contribution in [2.75, 3.05) is 25.0 Å². The van der Waals surface area contributed by atoms with Crippen LogP contribution in [0.4, 0.5) is 5.69 Å². The van der Waals surface area contributed by atoms with Crippen molar-refractivity contribution in [1.82, 2.24) is 9.80 Å². The van der Waals surface area contributed by atoms with Crippen LogP contribution >= 0.6 is 11.6 Å². The Kier molecular flexibility index (Phi) is 8.34. The summed E-state index contributed by atoms with van der Waals surface area (Å²) >= 11 is 6.35. The number of piperazine rings is 1. The highest BCUT2D eigenvalue weighted by Gasteiger charge is 2.33. The van der Waals surface area contributed by atoms with Crippen LogP contribution in [0.3, 0.4) is 0 Å². The van der Waals surface area contributed by atoms with E-state index in [1.807, 2.05) is 13.0 Å². The minimum Gasteiger partial charge on any atom is -0.337 e.